The lowest BCUT2D eigenvalue weighted by molar-refractivity contribution is -0.117. The smallest absolute Gasteiger partial charge is 0.229 e. The van der Waals surface area contributed by atoms with E-state index in [1.807, 2.05) is 30.3 Å². The topological polar surface area (TPSA) is 81.1 Å². The summed E-state index contributed by atoms with van der Waals surface area (Å²) < 4.78 is 7.19. The summed E-state index contributed by atoms with van der Waals surface area (Å²) >= 11 is 0. The highest BCUT2D eigenvalue weighted by atomic mass is 35.5. The van der Waals surface area contributed by atoms with E-state index in [0.29, 0.717) is 31.5 Å². The van der Waals surface area contributed by atoms with Gasteiger partial charge < -0.3 is 10.1 Å². The average Bonchev–Trinajstić information content (AvgIpc) is 3.01. The number of carbonyl (C=O) groups excluding carboxylic acids is 1. The number of rotatable bonds is 7. The summed E-state index contributed by atoms with van der Waals surface area (Å²) in [5, 5.41) is 10.6. The van der Waals surface area contributed by atoms with Gasteiger partial charge in [0.2, 0.25) is 11.9 Å². The first kappa shape index (κ1) is 20.4. The zero-order valence-electron chi connectivity index (χ0n) is 15.0. The largest absolute Gasteiger partial charge is 0.376 e. The molecule has 1 aromatic heterocycles. The Kier molecular flexibility index (Phi) is 8.03. The molecule has 1 amide bonds. The number of anilines is 1. The number of nitrogens with one attached hydrogen (secondary N) is 2. The van der Waals surface area contributed by atoms with Crippen LogP contribution >= 0.6 is 12.4 Å². The lowest BCUT2D eigenvalue weighted by Gasteiger charge is -2.19. The van der Waals surface area contributed by atoms with Gasteiger partial charge in [0.25, 0.3) is 0 Å². The summed E-state index contributed by atoms with van der Waals surface area (Å²) in [6, 6.07) is 9.92. The first-order valence-corrected chi connectivity index (χ1v) is 8.75. The second kappa shape index (κ2) is 10.3. The van der Waals surface area contributed by atoms with Crippen molar-refractivity contribution in [3.8, 4) is 0 Å². The van der Waals surface area contributed by atoms with Gasteiger partial charge in [-0.2, -0.15) is 10.1 Å². The molecule has 142 valence electrons. The second-order valence-electron chi connectivity index (χ2n) is 6.28. The molecule has 8 heteroatoms. The Hall–Kier alpha value is -1.96. The van der Waals surface area contributed by atoms with E-state index in [1.165, 1.54) is 0 Å². The van der Waals surface area contributed by atoms with Crippen molar-refractivity contribution in [2.75, 3.05) is 25.0 Å². The summed E-state index contributed by atoms with van der Waals surface area (Å²) in [6.45, 7) is 2.87. The molecule has 1 fully saturated rings. The summed E-state index contributed by atoms with van der Waals surface area (Å²) in [4.78, 5) is 16.6. The van der Waals surface area contributed by atoms with E-state index in [9.17, 15) is 4.79 Å². The van der Waals surface area contributed by atoms with Crippen LogP contribution in [0.2, 0.25) is 0 Å². The van der Waals surface area contributed by atoms with Gasteiger partial charge in [-0.3, -0.25) is 10.1 Å². The van der Waals surface area contributed by atoms with Gasteiger partial charge in [-0.05, 0) is 31.5 Å². The summed E-state index contributed by atoms with van der Waals surface area (Å²) in [5.41, 5.74) is 1.10. The molecule has 1 aliphatic heterocycles. The molecule has 0 atom stereocenters. The molecule has 0 unspecified atom stereocenters. The monoisotopic (exact) mass is 379 g/mol. The number of amides is 1. The number of halogens is 1. The van der Waals surface area contributed by atoms with Crippen LogP contribution in [0.4, 0.5) is 5.95 Å². The van der Waals surface area contributed by atoms with E-state index in [2.05, 4.69) is 20.7 Å². The molecule has 2 heterocycles. The van der Waals surface area contributed by atoms with Crippen LogP contribution in [-0.4, -0.2) is 40.4 Å². The molecule has 3 rings (SSSR count). The van der Waals surface area contributed by atoms with Crippen LogP contribution in [0, 0.1) is 0 Å². The van der Waals surface area contributed by atoms with Crippen LogP contribution in [-0.2, 0) is 23.2 Å². The Morgan fingerprint density at radius 3 is 2.77 bits per heavy atom. The molecule has 26 heavy (non-hydrogen) atoms. The van der Waals surface area contributed by atoms with Crippen molar-refractivity contribution in [3.05, 3.63) is 41.7 Å². The maximum atomic E-state index is 12.1. The quantitative estimate of drug-likeness (QED) is 0.721. The molecule has 2 aromatic rings. The van der Waals surface area contributed by atoms with Crippen LogP contribution in [0.15, 0.2) is 30.3 Å². The number of hydrogen-bond acceptors (Lipinski definition) is 5. The van der Waals surface area contributed by atoms with E-state index in [1.54, 1.807) is 11.7 Å². The third-order valence-corrected chi connectivity index (χ3v) is 4.32. The molecule has 0 saturated carbocycles. The van der Waals surface area contributed by atoms with Crippen molar-refractivity contribution < 1.29 is 9.53 Å². The van der Waals surface area contributed by atoms with Crippen LogP contribution in [0.25, 0.3) is 0 Å². The van der Waals surface area contributed by atoms with Crippen LogP contribution in [0.5, 0.6) is 0 Å². The molecule has 2 N–H and O–H groups in total. The highest BCUT2D eigenvalue weighted by Gasteiger charge is 2.21. The highest BCUT2D eigenvalue weighted by Crippen LogP contribution is 2.23. The van der Waals surface area contributed by atoms with Gasteiger partial charge in [0.15, 0.2) is 5.82 Å². The number of carbonyl (C=O) groups is 1. The predicted molar refractivity (Wildman–Crippen MR) is 102 cm³/mol. The maximum Gasteiger partial charge on any atom is 0.229 e. The van der Waals surface area contributed by atoms with Gasteiger partial charge in [-0.25, -0.2) is 4.68 Å². The van der Waals surface area contributed by atoms with E-state index in [-0.39, 0.29) is 18.3 Å². The van der Waals surface area contributed by atoms with Crippen molar-refractivity contribution in [2.45, 2.75) is 31.8 Å². The minimum absolute atomic E-state index is 0. The summed E-state index contributed by atoms with van der Waals surface area (Å²) in [7, 11) is 1.80. The fourth-order valence-corrected chi connectivity index (χ4v) is 2.88. The van der Waals surface area contributed by atoms with Crippen LogP contribution < -0.4 is 10.6 Å². The number of hydrogen-bond donors (Lipinski definition) is 2. The minimum atomic E-state index is -0.111. The first-order chi connectivity index (χ1) is 12.2. The molecular formula is C18H26ClN5O2. The van der Waals surface area contributed by atoms with E-state index >= 15 is 0 Å². The molecule has 0 spiro atoms. The highest BCUT2D eigenvalue weighted by molar-refractivity contribution is 5.89. The molecule has 1 saturated heterocycles. The predicted octanol–water partition coefficient (Wildman–Crippen LogP) is 2.25. The van der Waals surface area contributed by atoms with Gasteiger partial charge >= 0.3 is 0 Å². The number of benzene rings is 1. The molecule has 7 nitrogen and oxygen atoms in total. The Morgan fingerprint density at radius 1 is 1.31 bits per heavy atom. The van der Waals surface area contributed by atoms with Crippen molar-refractivity contribution in [1.82, 2.24) is 20.1 Å². The van der Waals surface area contributed by atoms with E-state index in [4.69, 9.17) is 4.74 Å². The van der Waals surface area contributed by atoms with E-state index < -0.39 is 0 Å². The normalized spacial score (nSPS) is 14.7. The summed E-state index contributed by atoms with van der Waals surface area (Å²) in [5.74, 6) is 1.58. The van der Waals surface area contributed by atoms with Gasteiger partial charge in [0.05, 0.1) is 19.6 Å². The first-order valence-electron chi connectivity index (χ1n) is 8.75. The van der Waals surface area contributed by atoms with Gasteiger partial charge in [-0.1, -0.05) is 30.3 Å². The number of nitrogens with zero attached hydrogens (tertiary/aromatic N) is 3. The van der Waals surface area contributed by atoms with E-state index in [0.717, 1.165) is 37.3 Å². The summed E-state index contributed by atoms with van der Waals surface area (Å²) in [6.07, 6.45) is 2.36. The molecule has 0 radical (unpaired) electrons. The average molecular weight is 380 g/mol. The van der Waals surface area contributed by atoms with Crippen molar-refractivity contribution >= 4 is 24.3 Å². The SMILES string of the molecule is Cl.Cn1nc(C2CCNCC2)nc1NC(=O)CCOCc1ccccc1. The Labute approximate surface area is 159 Å². The minimum Gasteiger partial charge on any atom is -0.376 e. The fraction of sp³-hybridized carbons (Fsp3) is 0.500. The zero-order valence-corrected chi connectivity index (χ0v) is 15.8. The third-order valence-electron chi connectivity index (χ3n) is 4.32. The lowest BCUT2D eigenvalue weighted by Crippen LogP contribution is -2.27. The number of aryl methyl sites for hydroxylation is 1. The van der Waals surface area contributed by atoms with Crippen LogP contribution in [0.3, 0.4) is 0 Å². The van der Waals surface area contributed by atoms with Crippen LogP contribution in [0.1, 0.15) is 36.6 Å². The maximum absolute atomic E-state index is 12.1. The second-order valence-corrected chi connectivity index (χ2v) is 6.28. The zero-order chi connectivity index (χ0) is 17.5. The number of piperidine rings is 1. The molecule has 1 aliphatic rings. The van der Waals surface area contributed by atoms with Crippen molar-refractivity contribution in [2.24, 2.45) is 7.05 Å². The van der Waals surface area contributed by atoms with Gasteiger partial charge in [-0.15, -0.1) is 12.4 Å². The molecule has 0 aliphatic carbocycles. The Bertz CT molecular complexity index is 686. The van der Waals surface area contributed by atoms with Gasteiger partial charge in [0.1, 0.15) is 0 Å². The Morgan fingerprint density at radius 2 is 2.04 bits per heavy atom. The third kappa shape index (κ3) is 5.79. The van der Waals surface area contributed by atoms with Gasteiger partial charge in [0, 0.05) is 13.0 Å². The number of ether oxygens (including phenoxy) is 1. The molecule has 0 bridgehead atoms. The van der Waals surface area contributed by atoms with Crippen molar-refractivity contribution in [3.63, 3.8) is 0 Å². The molecular weight excluding hydrogens is 354 g/mol. The molecule has 1 aromatic carbocycles. The van der Waals surface area contributed by atoms with Crippen molar-refractivity contribution in [1.29, 1.82) is 0 Å². The fourth-order valence-electron chi connectivity index (χ4n) is 2.88. The Balaban J connectivity index is 0.00000243. The standard InChI is InChI=1S/C18H25N5O2.ClH/c1-23-18(21-17(22-23)15-7-10-19-11-8-15)20-16(24)9-12-25-13-14-5-3-2-4-6-14;/h2-6,15,19H,7-13H2,1H3,(H,20,21,22,24);1H. The number of aromatic nitrogens is 3. The lowest BCUT2D eigenvalue weighted by atomic mass is 9.98.